The van der Waals surface area contributed by atoms with Crippen LogP contribution in [0.5, 0.6) is 0 Å². The average molecular weight is 294 g/mol. The van der Waals surface area contributed by atoms with Crippen LogP contribution in [0.2, 0.25) is 0 Å². The number of thiophene rings is 1. The highest BCUT2D eigenvalue weighted by Crippen LogP contribution is 2.36. The van der Waals surface area contributed by atoms with Gasteiger partial charge in [-0.05, 0) is 37.7 Å². The summed E-state index contributed by atoms with van der Waals surface area (Å²) in [5.41, 5.74) is 1.49. The van der Waals surface area contributed by atoms with E-state index in [2.05, 4.69) is 40.0 Å². The third-order valence-electron chi connectivity index (χ3n) is 3.25. The molecule has 0 saturated heterocycles. The van der Waals surface area contributed by atoms with Gasteiger partial charge in [0.15, 0.2) is 5.82 Å². The molecule has 0 amide bonds. The lowest BCUT2D eigenvalue weighted by molar-refractivity contribution is 0.771. The van der Waals surface area contributed by atoms with Crippen LogP contribution in [0.25, 0.3) is 10.7 Å². The third-order valence-corrected chi connectivity index (χ3v) is 5.49. The highest BCUT2D eigenvalue weighted by Gasteiger charge is 2.19. The van der Waals surface area contributed by atoms with E-state index in [1.807, 2.05) is 23.1 Å². The lowest BCUT2D eigenvalue weighted by Gasteiger charge is -2.08. The summed E-state index contributed by atoms with van der Waals surface area (Å²) in [4.78, 5) is 2.79. The molecule has 1 N–H and O–H groups in total. The quantitative estimate of drug-likeness (QED) is 0.940. The van der Waals surface area contributed by atoms with Crippen molar-refractivity contribution in [2.45, 2.75) is 32.6 Å². The number of nitrogens with one attached hydrogen (secondary N) is 1. The zero-order chi connectivity index (χ0) is 13.2. The zero-order valence-electron chi connectivity index (χ0n) is 11.3. The van der Waals surface area contributed by atoms with Crippen molar-refractivity contribution in [3.8, 4) is 10.7 Å². The Bertz CT molecular complexity index is 550. The van der Waals surface area contributed by atoms with Crippen molar-refractivity contribution in [3.05, 3.63) is 16.5 Å². The molecule has 4 nitrogen and oxygen atoms in total. The molecule has 2 aromatic heterocycles. The molecule has 0 unspecified atom stereocenters. The Morgan fingerprint density at radius 1 is 1.37 bits per heavy atom. The van der Waals surface area contributed by atoms with Crippen molar-refractivity contribution >= 4 is 29.0 Å². The fourth-order valence-corrected chi connectivity index (χ4v) is 4.70. The molecule has 1 aliphatic rings. The van der Waals surface area contributed by atoms with E-state index in [1.165, 1.54) is 27.5 Å². The number of nitrogens with zero attached hydrogens (tertiary/aromatic N) is 3. The van der Waals surface area contributed by atoms with Gasteiger partial charge in [-0.15, -0.1) is 21.5 Å². The molecule has 0 spiro atoms. The van der Waals surface area contributed by atoms with Gasteiger partial charge in [0.2, 0.25) is 5.95 Å². The van der Waals surface area contributed by atoms with E-state index >= 15 is 0 Å². The number of hydrogen-bond acceptors (Lipinski definition) is 5. The topological polar surface area (TPSA) is 42.7 Å². The minimum absolute atomic E-state index is 0.871. The normalized spacial score (nSPS) is 14.4. The Kier molecular flexibility index (Phi) is 3.79. The summed E-state index contributed by atoms with van der Waals surface area (Å²) in [7, 11) is 0. The van der Waals surface area contributed by atoms with Crippen molar-refractivity contribution < 1.29 is 0 Å². The molecule has 2 aromatic rings. The maximum absolute atomic E-state index is 4.37. The van der Waals surface area contributed by atoms with Crippen molar-refractivity contribution in [2.75, 3.05) is 17.6 Å². The van der Waals surface area contributed by atoms with Crippen LogP contribution < -0.4 is 5.32 Å². The fourth-order valence-electron chi connectivity index (χ4n) is 2.33. The van der Waals surface area contributed by atoms with Gasteiger partial charge < -0.3 is 5.32 Å². The fraction of sp³-hybridized carbons (Fsp3) is 0.538. The van der Waals surface area contributed by atoms with Crippen LogP contribution in [-0.4, -0.2) is 27.1 Å². The Morgan fingerprint density at radius 2 is 2.26 bits per heavy atom. The molecular weight excluding hydrogens is 276 g/mol. The Balaban J connectivity index is 1.99. The number of aromatic nitrogens is 3. The second-order valence-corrected chi connectivity index (χ2v) is 6.73. The molecule has 102 valence electrons. The zero-order valence-corrected chi connectivity index (χ0v) is 12.9. The van der Waals surface area contributed by atoms with E-state index in [-0.39, 0.29) is 0 Å². The number of rotatable bonds is 4. The van der Waals surface area contributed by atoms with E-state index in [0.717, 1.165) is 30.6 Å². The van der Waals surface area contributed by atoms with Crippen LogP contribution in [0.3, 0.4) is 0 Å². The summed E-state index contributed by atoms with van der Waals surface area (Å²) < 4.78 is 2.16. The van der Waals surface area contributed by atoms with Crippen LogP contribution in [0, 0.1) is 0 Å². The van der Waals surface area contributed by atoms with Gasteiger partial charge in [0, 0.05) is 23.7 Å². The Morgan fingerprint density at radius 3 is 3.00 bits per heavy atom. The summed E-state index contributed by atoms with van der Waals surface area (Å²) in [5, 5.41) is 11.9. The molecule has 0 bridgehead atoms. The van der Waals surface area contributed by atoms with E-state index in [9.17, 15) is 0 Å². The number of anilines is 1. The smallest absolute Gasteiger partial charge is 0.224 e. The second kappa shape index (κ2) is 5.54. The van der Waals surface area contributed by atoms with Gasteiger partial charge in [0.1, 0.15) is 0 Å². The molecule has 0 radical (unpaired) electrons. The molecule has 0 aliphatic carbocycles. The van der Waals surface area contributed by atoms with Crippen LogP contribution in [0.1, 0.15) is 24.3 Å². The first kappa shape index (κ1) is 13.0. The third kappa shape index (κ3) is 2.39. The predicted molar refractivity (Wildman–Crippen MR) is 83.0 cm³/mol. The molecular formula is C13H18N4S2. The number of aryl methyl sites for hydroxylation is 1. The lowest BCUT2D eigenvalue weighted by atomic mass is 10.2. The predicted octanol–water partition coefficient (Wildman–Crippen LogP) is 3.25. The number of thioether (sulfide) groups is 1. The molecule has 0 atom stereocenters. The van der Waals surface area contributed by atoms with Crippen LogP contribution in [0.4, 0.5) is 5.95 Å². The summed E-state index contributed by atoms with van der Waals surface area (Å²) in [6, 6.07) is 2.30. The highest BCUT2D eigenvalue weighted by molar-refractivity contribution is 7.98. The van der Waals surface area contributed by atoms with E-state index in [4.69, 9.17) is 0 Å². The first-order chi connectivity index (χ1) is 9.33. The molecule has 6 heteroatoms. The average Bonchev–Trinajstić information content (AvgIpc) is 3.01. The van der Waals surface area contributed by atoms with Gasteiger partial charge in [0.05, 0.1) is 4.88 Å². The van der Waals surface area contributed by atoms with Crippen LogP contribution in [0.15, 0.2) is 6.07 Å². The molecule has 3 rings (SSSR count). The molecule has 0 saturated carbocycles. The number of hydrogen-bond donors (Lipinski definition) is 1. The van der Waals surface area contributed by atoms with Gasteiger partial charge in [-0.2, -0.15) is 11.8 Å². The van der Waals surface area contributed by atoms with Crippen molar-refractivity contribution in [2.24, 2.45) is 0 Å². The largest absolute Gasteiger partial charge is 0.355 e. The van der Waals surface area contributed by atoms with Crippen molar-refractivity contribution in [3.63, 3.8) is 0 Å². The molecule has 3 heterocycles. The van der Waals surface area contributed by atoms with Gasteiger partial charge in [0.25, 0.3) is 0 Å². The second-order valence-electron chi connectivity index (χ2n) is 4.48. The summed E-state index contributed by atoms with van der Waals surface area (Å²) in [5.74, 6) is 4.27. The summed E-state index contributed by atoms with van der Waals surface area (Å²) in [6.07, 6.45) is 1.20. The molecule has 19 heavy (non-hydrogen) atoms. The maximum Gasteiger partial charge on any atom is 0.224 e. The minimum atomic E-state index is 0.871. The van der Waals surface area contributed by atoms with Crippen LogP contribution >= 0.6 is 23.1 Å². The van der Waals surface area contributed by atoms with Gasteiger partial charge >= 0.3 is 0 Å². The Hall–Kier alpha value is -1.01. The van der Waals surface area contributed by atoms with E-state index in [1.54, 1.807) is 0 Å². The lowest BCUT2D eigenvalue weighted by Crippen LogP contribution is -2.06. The first-order valence-corrected chi connectivity index (χ1v) is 8.67. The molecule has 0 fully saturated rings. The molecule has 1 aliphatic heterocycles. The van der Waals surface area contributed by atoms with Gasteiger partial charge in [-0.3, -0.25) is 4.57 Å². The first-order valence-electron chi connectivity index (χ1n) is 6.70. The van der Waals surface area contributed by atoms with Gasteiger partial charge in [-0.25, -0.2) is 0 Å². The van der Waals surface area contributed by atoms with Crippen molar-refractivity contribution in [1.29, 1.82) is 0 Å². The molecule has 0 aromatic carbocycles. The minimum Gasteiger partial charge on any atom is -0.355 e. The SMILES string of the molecule is CCNc1nnc(-c2cc3c(s2)CCSC3)n1CC. The highest BCUT2D eigenvalue weighted by atomic mass is 32.2. The standard InChI is InChI=1S/C13H18N4S2/c1-3-14-13-16-15-12(17(13)4-2)11-7-9-8-18-6-5-10(9)19-11/h7H,3-6,8H2,1-2H3,(H,14,16). The van der Waals surface area contributed by atoms with E-state index < -0.39 is 0 Å². The van der Waals surface area contributed by atoms with Gasteiger partial charge in [-0.1, -0.05) is 0 Å². The Labute approximate surface area is 121 Å². The monoisotopic (exact) mass is 294 g/mol. The van der Waals surface area contributed by atoms with Crippen molar-refractivity contribution in [1.82, 2.24) is 14.8 Å². The number of fused-ring (bicyclic) bond motifs is 1. The van der Waals surface area contributed by atoms with Crippen LogP contribution in [-0.2, 0) is 18.7 Å². The van der Waals surface area contributed by atoms with E-state index in [0.29, 0.717) is 0 Å². The maximum atomic E-state index is 4.37. The summed E-state index contributed by atoms with van der Waals surface area (Å²) >= 11 is 3.91. The summed E-state index contributed by atoms with van der Waals surface area (Å²) in [6.45, 7) is 5.98.